The fraction of sp³-hybridized carbons (Fsp3) is 0.833. The molecule has 0 aromatic carbocycles. The predicted molar refractivity (Wildman–Crippen MR) is 99.3 cm³/mol. The summed E-state index contributed by atoms with van der Waals surface area (Å²) in [6.07, 6.45) is 6.41. The van der Waals surface area contributed by atoms with Crippen LogP contribution in [0.1, 0.15) is 65.1 Å². The predicted octanol–water partition coefficient (Wildman–Crippen LogP) is 2.62. The van der Waals surface area contributed by atoms with Gasteiger partial charge in [0.2, 0.25) is 10.0 Å². The van der Waals surface area contributed by atoms with Gasteiger partial charge in [-0.25, -0.2) is 8.42 Å². The molecule has 6 nitrogen and oxygen atoms in total. The summed E-state index contributed by atoms with van der Waals surface area (Å²) in [7, 11) is -3.49. The van der Waals surface area contributed by atoms with Gasteiger partial charge in [-0.3, -0.25) is 4.68 Å². The lowest BCUT2D eigenvalue weighted by molar-refractivity contribution is 0.196. The first kappa shape index (κ1) is 18.9. The number of piperazine rings is 1. The normalized spacial score (nSPS) is 21.9. The first-order valence-electron chi connectivity index (χ1n) is 9.55. The Kier molecular flexibility index (Phi) is 5.28. The molecule has 1 aliphatic heterocycles. The third-order valence-electron chi connectivity index (χ3n) is 5.50. The van der Waals surface area contributed by atoms with Crippen molar-refractivity contribution in [3.05, 3.63) is 11.9 Å². The Morgan fingerprint density at radius 3 is 2.24 bits per heavy atom. The molecule has 0 bridgehead atoms. The van der Waals surface area contributed by atoms with Crippen molar-refractivity contribution in [3.8, 4) is 0 Å². The molecule has 1 saturated heterocycles. The molecule has 0 spiro atoms. The molecule has 3 rings (SSSR count). The van der Waals surface area contributed by atoms with Crippen molar-refractivity contribution in [1.82, 2.24) is 19.0 Å². The summed E-state index contributed by atoms with van der Waals surface area (Å²) in [5.41, 5.74) is 0.412. The van der Waals surface area contributed by atoms with Crippen molar-refractivity contribution in [2.45, 2.75) is 69.7 Å². The van der Waals surface area contributed by atoms with Crippen LogP contribution >= 0.6 is 0 Å². The lowest BCUT2D eigenvalue weighted by Crippen LogP contribution is -2.48. The van der Waals surface area contributed by atoms with Crippen LogP contribution < -0.4 is 0 Å². The van der Waals surface area contributed by atoms with Crippen LogP contribution in [0.2, 0.25) is 0 Å². The number of hydrogen-bond acceptors (Lipinski definition) is 4. The molecule has 2 aliphatic rings. The summed E-state index contributed by atoms with van der Waals surface area (Å²) in [6.45, 7) is 12.0. The van der Waals surface area contributed by atoms with Crippen LogP contribution in [0.15, 0.2) is 11.1 Å². The number of sulfonamides is 1. The fourth-order valence-electron chi connectivity index (χ4n) is 3.86. The highest BCUT2D eigenvalue weighted by molar-refractivity contribution is 7.89. The monoisotopic (exact) mass is 368 g/mol. The summed E-state index contributed by atoms with van der Waals surface area (Å²) in [6, 6.07) is 0.349. The number of nitrogens with zero attached hydrogens (tertiary/aromatic N) is 4. The van der Waals surface area contributed by atoms with Crippen molar-refractivity contribution in [3.63, 3.8) is 0 Å². The molecule has 1 aromatic rings. The largest absolute Gasteiger partial charge is 0.301 e. The number of rotatable bonds is 4. The summed E-state index contributed by atoms with van der Waals surface area (Å²) >= 11 is 0. The maximum absolute atomic E-state index is 13.3. The average Bonchev–Trinajstić information content (AvgIpc) is 3.23. The molecule has 2 heterocycles. The van der Waals surface area contributed by atoms with Crippen molar-refractivity contribution >= 4 is 10.0 Å². The highest BCUT2D eigenvalue weighted by atomic mass is 32.2. The zero-order valence-corrected chi connectivity index (χ0v) is 16.8. The smallest absolute Gasteiger partial charge is 0.246 e. The van der Waals surface area contributed by atoms with E-state index in [4.69, 9.17) is 5.10 Å². The van der Waals surface area contributed by atoms with Crippen molar-refractivity contribution < 1.29 is 8.42 Å². The first-order valence-corrected chi connectivity index (χ1v) is 11.0. The van der Waals surface area contributed by atoms with Gasteiger partial charge in [0.05, 0.1) is 11.7 Å². The molecular formula is C18H32N4O2S. The minimum atomic E-state index is -3.49. The summed E-state index contributed by atoms with van der Waals surface area (Å²) in [5.74, 6) is 0. The molecule has 142 valence electrons. The van der Waals surface area contributed by atoms with Crippen LogP contribution in [0.5, 0.6) is 0 Å². The van der Waals surface area contributed by atoms with Crippen LogP contribution in [-0.4, -0.2) is 60.1 Å². The Morgan fingerprint density at radius 1 is 1.12 bits per heavy atom. The molecule has 2 fully saturated rings. The standard InChI is InChI=1S/C18H32N4O2S/c1-5-20-10-12-21(13-11-20)25(23,24)16-14-22(15-8-6-7-9-15)19-17(16)18(2,3)4/h14-15H,5-13H2,1-4H3. The van der Waals surface area contributed by atoms with E-state index in [1.807, 2.05) is 25.5 Å². The Hall–Kier alpha value is -0.920. The molecule has 0 unspecified atom stereocenters. The van der Waals surface area contributed by atoms with Gasteiger partial charge in [-0.1, -0.05) is 40.5 Å². The second kappa shape index (κ2) is 7.00. The van der Waals surface area contributed by atoms with Crippen molar-refractivity contribution in [2.24, 2.45) is 0 Å². The van der Waals surface area contributed by atoms with Gasteiger partial charge in [-0.2, -0.15) is 9.40 Å². The van der Waals surface area contributed by atoms with Crippen LogP contribution in [0.25, 0.3) is 0 Å². The minimum absolute atomic E-state index is 0.294. The van der Waals surface area contributed by atoms with E-state index in [1.165, 1.54) is 12.8 Å². The number of aromatic nitrogens is 2. The molecule has 1 saturated carbocycles. The molecule has 1 aromatic heterocycles. The van der Waals surface area contributed by atoms with E-state index in [2.05, 4.69) is 11.8 Å². The fourth-order valence-corrected chi connectivity index (χ4v) is 5.62. The first-order chi connectivity index (χ1) is 11.7. The molecule has 0 amide bonds. The van der Waals surface area contributed by atoms with Gasteiger partial charge in [0.25, 0.3) is 0 Å². The molecule has 1 aliphatic carbocycles. The number of hydrogen-bond donors (Lipinski definition) is 0. The molecule has 25 heavy (non-hydrogen) atoms. The Labute approximate surface area is 152 Å². The van der Waals surface area contributed by atoms with Gasteiger partial charge in [0.1, 0.15) is 4.90 Å². The second-order valence-corrected chi connectivity index (χ2v) is 10.3. The van der Waals surface area contributed by atoms with Crippen LogP contribution in [0.4, 0.5) is 0 Å². The number of likely N-dealkylation sites (N-methyl/N-ethyl adjacent to an activating group) is 1. The molecular weight excluding hydrogens is 336 g/mol. The van der Waals surface area contributed by atoms with Gasteiger partial charge < -0.3 is 4.90 Å². The molecule has 7 heteroatoms. The van der Waals surface area contributed by atoms with Crippen molar-refractivity contribution in [2.75, 3.05) is 32.7 Å². The Bertz CT molecular complexity index is 691. The summed E-state index contributed by atoms with van der Waals surface area (Å²) in [4.78, 5) is 2.70. The highest BCUT2D eigenvalue weighted by Gasteiger charge is 2.36. The summed E-state index contributed by atoms with van der Waals surface area (Å²) < 4.78 is 30.2. The average molecular weight is 369 g/mol. The van der Waals surface area contributed by atoms with Gasteiger partial charge in [0.15, 0.2) is 0 Å². The van der Waals surface area contributed by atoms with E-state index in [1.54, 1.807) is 10.5 Å². The SMILES string of the molecule is CCN1CCN(S(=O)(=O)c2cn(C3CCCC3)nc2C(C)(C)C)CC1. The highest BCUT2D eigenvalue weighted by Crippen LogP contribution is 2.34. The molecule has 0 radical (unpaired) electrons. The quantitative estimate of drug-likeness (QED) is 0.820. The Morgan fingerprint density at radius 2 is 1.72 bits per heavy atom. The third-order valence-corrected chi connectivity index (χ3v) is 7.40. The lowest BCUT2D eigenvalue weighted by Gasteiger charge is -2.33. The van der Waals surface area contributed by atoms with Crippen molar-refractivity contribution in [1.29, 1.82) is 0 Å². The zero-order valence-electron chi connectivity index (χ0n) is 16.0. The topological polar surface area (TPSA) is 58.4 Å². The van der Waals surface area contributed by atoms with Crippen LogP contribution in [-0.2, 0) is 15.4 Å². The van der Waals surface area contributed by atoms with Crippen LogP contribution in [0, 0.1) is 0 Å². The lowest BCUT2D eigenvalue weighted by atomic mass is 9.92. The van der Waals surface area contributed by atoms with E-state index in [0.29, 0.717) is 29.7 Å². The minimum Gasteiger partial charge on any atom is -0.301 e. The zero-order chi connectivity index (χ0) is 18.2. The van der Waals surface area contributed by atoms with Gasteiger partial charge >= 0.3 is 0 Å². The maximum atomic E-state index is 13.3. The van der Waals surface area contributed by atoms with E-state index in [9.17, 15) is 8.42 Å². The van der Waals surface area contributed by atoms with Gasteiger partial charge in [-0.05, 0) is 19.4 Å². The van der Waals surface area contributed by atoms with E-state index in [0.717, 1.165) is 32.5 Å². The van der Waals surface area contributed by atoms with Gasteiger partial charge in [-0.15, -0.1) is 0 Å². The van der Waals surface area contributed by atoms with E-state index >= 15 is 0 Å². The van der Waals surface area contributed by atoms with Gasteiger partial charge in [0, 0.05) is 37.8 Å². The molecule has 0 atom stereocenters. The third kappa shape index (κ3) is 3.78. The molecule has 0 N–H and O–H groups in total. The second-order valence-electron chi connectivity index (χ2n) is 8.35. The van der Waals surface area contributed by atoms with E-state index < -0.39 is 10.0 Å². The summed E-state index contributed by atoms with van der Waals surface area (Å²) in [5, 5.41) is 4.76. The Balaban J connectivity index is 1.94. The van der Waals surface area contributed by atoms with Crippen LogP contribution in [0.3, 0.4) is 0 Å². The van der Waals surface area contributed by atoms with E-state index in [-0.39, 0.29) is 5.41 Å². The maximum Gasteiger partial charge on any atom is 0.246 e.